The van der Waals surface area contributed by atoms with Gasteiger partial charge in [-0.15, -0.1) is 4.73 Å². The van der Waals surface area contributed by atoms with Gasteiger partial charge in [-0.25, -0.2) is 4.98 Å². The van der Waals surface area contributed by atoms with Gasteiger partial charge in [-0.2, -0.15) is 0 Å². The Kier molecular flexibility index (Phi) is 3.46. The Morgan fingerprint density at radius 3 is 2.59 bits per heavy atom. The van der Waals surface area contributed by atoms with E-state index in [1.165, 1.54) is 38.2 Å². The van der Waals surface area contributed by atoms with Crippen molar-refractivity contribution in [2.45, 2.75) is 0 Å². The van der Waals surface area contributed by atoms with Crippen molar-refractivity contribution in [2.75, 3.05) is 21.3 Å². The molecule has 114 valence electrons. The van der Waals surface area contributed by atoms with Crippen LogP contribution < -0.4 is 19.7 Å². The summed E-state index contributed by atoms with van der Waals surface area (Å²) in [5.74, 6) is 1.27. The molecular formula is C15H15N3O4. The molecule has 0 unspecified atom stereocenters. The van der Waals surface area contributed by atoms with Gasteiger partial charge < -0.3 is 19.3 Å². The number of nitrogens with zero attached hydrogens (tertiary/aromatic N) is 2. The van der Waals surface area contributed by atoms with Gasteiger partial charge in [0.25, 0.3) is 0 Å². The minimum absolute atomic E-state index is 0.188. The smallest absolute Gasteiger partial charge is 0.243 e. The van der Waals surface area contributed by atoms with Crippen LogP contribution in [-0.2, 0) is 0 Å². The summed E-state index contributed by atoms with van der Waals surface area (Å²) >= 11 is 0. The lowest BCUT2D eigenvalue weighted by molar-refractivity contribution is 0.138. The van der Waals surface area contributed by atoms with Crippen LogP contribution in [0.15, 0.2) is 35.3 Å². The molecule has 0 amide bonds. The molecule has 1 N–H and O–H groups in total. The zero-order chi connectivity index (χ0) is 15.7. The van der Waals surface area contributed by atoms with Gasteiger partial charge in [0.15, 0.2) is 11.3 Å². The largest absolute Gasteiger partial charge is 0.496 e. The maximum Gasteiger partial charge on any atom is 0.243 e. The quantitative estimate of drug-likeness (QED) is 0.788. The number of fused-ring (bicyclic) bond motifs is 1. The van der Waals surface area contributed by atoms with Crippen LogP contribution in [0.1, 0.15) is 0 Å². The number of hydrogen-bond donors (Lipinski definition) is 1. The normalized spacial score (nSPS) is 10.7. The molecular weight excluding hydrogens is 286 g/mol. The summed E-state index contributed by atoms with van der Waals surface area (Å²) in [6.07, 6.45) is 1.78. The Labute approximate surface area is 126 Å². The summed E-state index contributed by atoms with van der Waals surface area (Å²) in [5, 5.41) is 0. The van der Waals surface area contributed by atoms with Crippen LogP contribution in [0.4, 0.5) is 0 Å². The highest BCUT2D eigenvalue weighted by atomic mass is 16.7. The van der Waals surface area contributed by atoms with E-state index in [-0.39, 0.29) is 5.43 Å². The lowest BCUT2D eigenvalue weighted by Crippen LogP contribution is -2.18. The first-order valence-electron chi connectivity index (χ1n) is 6.56. The predicted molar refractivity (Wildman–Crippen MR) is 80.5 cm³/mol. The number of benzene rings is 1. The first-order chi connectivity index (χ1) is 10.7. The van der Waals surface area contributed by atoms with E-state index in [0.717, 1.165) is 5.69 Å². The second kappa shape index (κ2) is 5.44. The molecule has 1 aliphatic carbocycles. The maximum atomic E-state index is 11.8. The molecule has 7 nitrogen and oxygen atoms in total. The van der Waals surface area contributed by atoms with Crippen LogP contribution in [0.25, 0.3) is 22.8 Å². The number of ether oxygens (including phenoxy) is 2. The topological polar surface area (TPSA) is 78.4 Å². The second-order valence-corrected chi connectivity index (χ2v) is 4.53. The molecule has 0 radical (unpaired) electrons. The minimum Gasteiger partial charge on any atom is -0.496 e. The van der Waals surface area contributed by atoms with E-state index in [2.05, 4.69) is 9.97 Å². The summed E-state index contributed by atoms with van der Waals surface area (Å²) in [4.78, 5) is 24.8. The Balaban J connectivity index is 2.44. The molecule has 1 aromatic rings. The van der Waals surface area contributed by atoms with Gasteiger partial charge in [-0.1, -0.05) is 0 Å². The highest BCUT2D eigenvalue weighted by molar-refractivity contribution is 5.76. The van der Waals surface area contributed by atoms with Crippen molar-refractivity contribution in [3.05, 3.63) is 40.7 Å². The van der Waals surface area contributed by atoms with Gasteiger partial charge in [0.2, 0.25) is 5.88 Å². The first-order valence-corrected chi connectivity index (χ1v) is 6.56. The van der Waals surface area contributed by atoms with Gasteiger partial charge in [0.1, 0.15) is 18.4 Å². The molecule has 7 heteroatoms. The summed E-state index contributed by atoms with van der Waals surface area (Å²) in [6, 6.07) is 6.52. The number of methoxy groups -OCH3 is 2. The third-order valence-corrected chi connectivity index (χ3v) is 3.31. The zero-order valence-corrected chi connectivity index (χ0v) is 12.4. The van der Waals surface area contributed by atoms with E-state index in [1.54, 1.807) is 6.20 Å². The van der Waals surface area contributed by atoms with Crippen molar-refractivity contribution in [2.24, 2.45) is 0 Å². The van der Waals surface area contributed by atoms with E-state index in [9.17, 15) is 4.79 Å². The molecule has 3 rings (SSSR count). The summed E-state index contributed by atoms with van der Waals surface area (Å²) in [7, 11) is 4.52. The molecule has 0 saturated heterocycles. The van der Waals surface area contributed by atoms with Crippen molar-refractivity contribution in [3.8, 4) is 34.4 Å². The van der Waals surface area contributed by atoms with Gasteiger partial charge in [-0.3, -0.25) is 4.79 Å². The van der Waals surface area contributed by atoms with Crippen molar-refractivity contribution >= 4 is 0 Å². The number of H-pyrrole nitrogens is 1. The van der Waals surface area contributed by atoms with E-state index in [1.807, 2.05) is 12.1 Å². The van der Waals surface area contributed by atoms with Gasteiger partial charge in [0, 0.05) is 18.3 Å². The number of nitrogens with one attached hydrogen (secondary N) is 1. The maximum absolute atomic E-state index is 11.8. The average molecular weight is 301 g/mol. The standard InChI is InChI=1S/C15H15N3O4/c1-20-12-8-9(19)7-11-13(12)15(21-2)18(22-3)14(17-11)10-5-4-6-16-10/h4-8,16H,1-3H3. The summed E-state index contributed by atoms with van der Waals surface area (Å²) in [6.45, 7) is 0. The fraction of sp³-hybridized carbons (Fsp3) is 0.200. The van der Waals surface area contributed by atoms with Crippen LogP contribution in [0.5, 0.6) is 11.6 Å². The summed E-state index contributed by atoms with van der Waals surface area (Å²) < 4.78 is 12.2. The van der Waals surface area contributed by atoms with Crippen molar-refractivity contribution < 1.29 is 14.3 Å². The number of aromatic nitrogens is 3. The Bertz CT molecular complexity index is 824. The molecule has 0 atom stereocenters. The number of rotatable bonds is 4. The number of aromatic amines is 1. The molecule has 2 aliphatic rings. The molecule has 0 bridgehead atoms. The lowest BCUT2D eigenvalue weighted by atomic mass is 10.1. The molecule has 22 heavy (non-hydrogen) atoms. The van der Waals surface area contributed by atoms with E-state index in [0.29, 0.717) is 28.7 Å². The van der Waals surface area contributed by atoms with E-state index < -0.39 is 0 Å². The Hall–Kier alpha value is -2.96. The van der Waals surface area contributed by atoms with Gasteiger partial charge in [0.05, 0.1) is 25.6 Å². The molecule has 0 fully saturated rings. The molecule has 0 saturated carbocycles. The van der Waals surface area contributed by atoms with E-state index >= 15 is 0 Å². The third-order valence-electron chi connectivity index (χ3n) is 3.31. The van der Waals surface area contributed by atoms with Crippen LogP contribution in [-0.4, -0.2) is 36.0 Å². The second-order valence-electron chi connectivity index (χ2n) is 4.53. The van der Waals surface area contributed by atoms with Crippen LogP contribution in [0, 0.1) is 0 Å². The molecule has 0 spiro atoms. The third kappa shape index (κ3) is 2.07. The average Bonchev–Trinajstić information content (AvgIpc) is 3.06. The predicted octanol–water partition coefficient (Wildman–Crippen LogP) is 1.42. The lowest BCUT2D eigenvalue weighted by Gasteiger charge is -2.20. The van der Waals surface area contributed by atoms with Crippen LogP contribution in [0.2, 0.25) is 0 Å². The minimum atomic E-state index is -0.188. The number of hydrogen-bond acceptors (Lipinski definition) is 5. The van der Waals surface area contributed by atoms with Crippen molar-refractivity contribution in [3.63, 3.8) is 0 Å². The molecule has 1 aromatic heterocycles. The Morgan fingerprint density at radius 2 is 2.00 bits per heavy atom. The fourth-order valence-electron chi connectivity index (χ4n) is 2.39. The molecule has 0 aromatic carbocycles. The fourth-order valence-corrected chi connectivity index (χ4v) is 2.39. The zero-order valence-electron chi connectivity index (χ0n) is 12.4. The highest BCUT2D eigenvalue weighted by Crippen LogP contribution is 2.39. The first kappa shape index (κ1) is 14.0. The van der Waals surface area contributed by atoms with Crippen LogP contribution in [0.3, 0.4) is 0 Å². The molecule has 2 heterocycles. The monoisotopic (exact) mass is 301 g/mol. The highest BCUT2D eigenvalue weighted by Gasteiger charge is 2.25. The molecule has 1 aliphatic heterocycles. The van der Waals surface area contributed by atoms with Crippen molar-refractivity contribution in [1.82, 2.24) is 14.7 Å². The SMILES string of the molecule is COc1cc(=O)cc2nc(-c3ccc[nH]3)n(OC)c(OC)c1-2. The van der Waals surface area contributed by atoms with Crippen LogP contribution >= 0.6 is 0 Å². The summed E-state index contributed by atoms with van der Waals surface area (Å²) in [5.41, 5.74) is 1.59. The van der Waals surface area contributed by atoms with E-state index in [4.69, 9.17) is 14.3 Å². The Morgan fingerprint density at radius 1 is 1.18 bits per heavy atom. The van der Waals surface area contributed by atoms with Crippen molar-refractivity contribution in [1.29, 1.82) is 0 Å². The van der Waals surface area contributed by atoms with Gasteiger partial charge >= 0.3 is 0 Å². The van der Waals surface area contributed by atoms with Gasteiger partial charge in [-0.05, 0) is 12.1 Å².